The minimum atomic E-state index is 0.585. The van der Waals surface area contributed by atoms with Crippen LogP contribution in [0.1, 0.15) is 12.5 Å². The molecule has 0 fully saturated rings. The highest BCUT2D eigenvalue weighted by Crippen LogP contribution is 2.28. The smallest absolute Gasteiger partial charge is 0.161 e. The average molecular weight is 275 g/mol. The number of hydrogen-bond donors (Lipinski definition) is 1. The van der Waals surface area contributed by atoms with Gasteiger partial charge in [-0.1, -0.05) is 6.07 Å². The average Bonchev–Trinajstić information content (AvgIpc) is 2.95. The third-order valence-electron chi connectivity index (χ3n) is 2.86. The minimum absolute atomic E-state index is 0.585. The molecule has 5 nitrogen and oxygen atoms in total. The predicted octanol–water partition coefficient (Wildman–Crippen LogP) is 2.08. The molecule has 5 heteroatoms. The lowest BCUT2D eigenvalue weighted by Gasteiger charge is -2.13. The van der Waals surface area contributed by atoms with Gasteiger partial charge in [0.25, 0.3) is 0 Å². The van der Waals surface area contributed by atoms with Crippen molar-refractivity contribution >= 4 is 0 Å². The summed E-state index contributed by atoms with van der Waals surface area (Å²) in [6.45, 7) is 4.77. The van der Waals surface area contributed by atoms with Gasteiger partial charge in [0.15, 0.2) is 11.5 Å². The second kappa shape index (κ2) is 7.55. The van der Waals surface area contributed by atoms with Crippen LogP contribution < -0.4 is 14.8 Å². The molecule has 20 heavy (non-hydrogen) atoms. The summed E-state index contributed by atoms with van der Waals surface area (Å²) in [6.07, 6.45) is 5.46. The third kappa shape index (κ3) is 3.99. The predicted molar refractivity (Wildman–Crippen MR) is 78.1 cm³/mol. The van der Waals surface area contributed by atoms with E-state index >= 15 is 0 Å². The lowest BCUT2D eigenvalue weighted by molar-refractivity contribution is 0.266. The first kappa shape index (κ1) is 14.4. The number of hydrogen-bond acceptors (Lipinski definition) is 4. The molecule has 0 saturated heterocycles. The molecule has 2 rings (SSSR count). The lowest BCUT2D eigenvalue weighted by atomic mass is 10.2. The molecule has 0 aliphatic rings. The van der Waals surface area contributed by atoms with Crippen molar-refractivity contribution in [1.29, 1.82) is 0 Å². The third-order valence-corrected chi connectivity index (χ3v) is 2.86. The molecule has 0 unspecified atom stereocenters. The van der Waals surface area contributed by atoms with Gasteiger partial charge in [0.05, 0.1) is 19.5 Å². The molecule has 0 atom stereocenters. The van der Waals surface area contributed by atoms with Crippen LogP contribution in [0.2, 0.25) is 0 Å². The number of nitrogens with one attached hydrogen (secondary N) is 1. The Labute approximate surface area is 119 Å². The largest absolute Gasteiger partial charge is 0.490 e. The highest BCUT2D eigenvalue weighted by molar-refractivity contribution is 5.43. The Morgan fingerprint density at radius 2 is 2.15 bits per heavy atom. The molecule has 0 bridgehead atoms. The van der Waals surface area contributed by atoms with Gasteiger partial charge in [0.1, 0.15) is 6.61 Å². The summed E-state index contributed by atoms with van der Waals surface area (Å²) in [5.41, 5.74) is 1.18. The molecule has 2 aromatic rings. The lowest BCUT2D eigenvalue weighted by Crippen LogP contribution is -2.09. The number of ether oxygens (including phenoxy) is 2. The standard InChI is InChI=1S/C15H21N3O2/c1-3-19-15-10-13(11-16-2)4-5-14(15)20-9-8-18-7-6-17-12-18/h4-7,10,12,16H,3,8-9,11H2,1-2H3. The zero-order valence-corrected chi connectivity index (χ0v) is 12.0. The molecular formula is C15H21N3O2. The summed E-state index contributed by atoms with van der Waals surface area (Å²) in [6, 6.07) is 6.03. The first-order valence-electron chi connectivity index (χ1n) is 6.82. The maximum Gasteiger partial charge on any atom is 0.161 e. The van der Waals surface area contributed by atoms with Crippen LogP contribution in [0.25, 0.3) is 0 Å². The van der Waals surface area contributed by atoms with Crippen LogP contribution in [0.5, 0.6) is 11.5 Å². The fourth-order valence-corrected chi connectivity index (χ4v) is 1.93. The SMILES string of the molecule is CCOc1cc(CNC)ccc1OCCn1ccnc1. The fourth-order valence-electron chi connectivity index (χ4n) is 1.93. The van der Waals surface area contributed by atoms with Crippen molar-refractivity contribution in [2.24, 2.45) is 0 Å². The van der Waals surface area contributed by atoms with Crippen molar-refractivity contribution < 1.29 is 9.47 Å². The maximum atomic E-state index is 5.80. The van der Waals surface area contributed by atoms with E-state index in [2.05, 4.69) is 10.3 Å². The van der Waals surface area contributed by atoms with E-state index in [1.807, 2.05) is 42.9 Å². The van der Waals surface area contributed by atoms with Crippen LogP contribution >= 0.6 is 0 Å². The molecular weight excluding hydrogens is 254 g/mol. The number of nitrogens with zero attached hydrogens (tertiary/aromatic N) is 2. The quantitative estimate of drug-likeness (QED) is 0.801. The minimum Gasteiger partial charge on any atom is -0.490 e. The molecule has 1 aromatic carbocycles. The van der Waals surface area contributed by atoms with Gasteiger partial charge in [0, 0.05) is 18.9 Å². The monoisotopic (exact) mass is 275 g/mol. The first-order chi connectivity index (χ1) is 9.83. The summed E-state index contributed by atoms with van der Waals surface area (Å²) in [4.78, 5) is 4.00. The van der Waals surface area contributed by atoms with Crippen LogP contribution in [0.4, 0.5) is 0 Å². The number of aromatic nitrogens is 2. The van der Waals surface area contributed by atoms with E-state index in [0.29, 0.717) is 13.2 Å². The highest BCUT2D eigenvalue weighted by atomic mass is 16.5. The Morgan fingerprint density at radius 1 is 1.25 bits per heavy atom. The van der Waals surface area contributed by atoms with Crippen molar-refractivity contribution in [3.8, 4) is 11.5 Å². The maximum absolute atomic E-state index is 5.80. The Bertz CT molecular complexity index is 512. The van der Waals surface area contributed by atoms with E-state index in [0.717, 1.165) is 24.6 Å². The summed E-state index contributed by atoms with van der Waals surface area (Å²) < 4.78 is 13.4. The Hall–Kier alpha value is -2.01. The number of imidazole rings is 1. The summed E-state index contributed by atoms with van der Waals surface area (Å²) in [5.74, 6) is 1.58. The van der Waals surface area contributed by atoms with E-state index in [1.54, 1.807) is 12.5 Å². The van der Waals surface area contributed by atoms with E-state index in [-0.39, 0.29) is 0 Å². The van der Waals surface area contributed by atoms with Crippen molar-refractivity contribution in [1.82, 2.24) is 14.9 Å². The number of benzene rings is 1. The molecule has 1 heterocycles. The second-order valence-electron chi connectivity index (χ2n) is 4.39. The molecule has 1 N–H and O–H groups in total. The molecule has 0 radical (unpaired) electrons. The number of rotatable bonds is 8. The van der Waals surface area contributed by atoms with Gasteiger partial charge in [-0.15, -0.1) is 0 Å². The highest BCUT2D eigenvalue weighted by Gasteiger charge is 2.06. The van der Waals surface area contributed by atoms with Gasteiger partial charge in [-0.05, 0) is 31.7 Å². The van der Waals surface area contributed by atoms with Crippen LogP contribution in [0, 0.1) is 0 Å². The van der Waals surface area contributed by atoms with Gasteiger partial charge in [0.2, 0.25) is 0 Å². The van der Waals surface area contributed by atoms with Gasteiger partial charge in [-0.2, -0.15) is 0 Å². The van der Waals surface area contributed by atoms with Crippen molar-refractivity contribution in [2.45, 2.75) is 20.0 Å². The van der Waals surface area contributed by atoms with Gasteiger partial charge in [-0.25, -0.2) is 4.98 Å². The topological polar surface area (TPSA) is 48.3 Å². The van der Waals surface area contributed by atoms with E-state index in [1.165, 1.54) is 5.56 Å². The second-order valence-corrected chi connectivity index (χ2v) is 4.39. The van der Waals surface area contributed by atoms with Gasteiger partial charge in [-0.3, -0.25) is 0 Å². The first-order valence-corrected chi connectivity index (χ1v) is 6.82. The molecule has 0 amide bonds. The Kier molecular flexibility index (Phi) is 5.43. The molecule has 108 valence electrons. The molecule has 0 saturated carbocycles. The van der Waals surface area contributed by atoms with Crippen molar-refractivity contribution in [3.63, 3.8) is 0 Å². The Morgan fingerprint density at radius 3 is 2.85 bits per heavy atom. The molecule has 0 aliphatic carbocycles. The molecule has 0 spiro atoms. The van der Waals surface area contributed by atoms with E-state index in [9.17, 15) is 0 Å². The van der Waals surface area contributed by atoms with Gasteiger partial charge < -0.3 is 19.4 Å². The van der Waals surface area contributed by atoms with Crippen LogP contribution in [0.3, 0.4) is 0 Å². The zero-order valence-electron chi connectivity index (χ0n) is 12.0. The van der Waals surface area contributed by atoms with E-state index in [4.69, 9.17) is 9.47 Å². The summed E-state index contributed by atoms with van der Waals surface area (Å²) in [5, 5.41) is 3.13. The zero-order chi connectivity index (χ0) is 14.2. The molecule has 1 aromatic heterocycles. The van der Waals surface area contributed by atoms with Crippen LogP contribution in [-0.4, -0.2) is 29.8 Å². The van der Waals surface area contributed by atoms with Crippen molar-refractivity contribution in [3.05, 3.63) is 42.5 Å². The Balaban J connectivity index is 1.98. The molecule has 0 aliphatic heterocycles. The van der Waals surface area contributed by atoms with Crippen molar-refractivity contribution in [2.75, 3.05) is 20.3 Å². The van der Waals surface area contributed by atoms with Crippen LogP contribution in [0.15, 0.2) is 36.9 Å². The van der Waals surface area contributed by atoms with Crippen LogP contribution in [-0.2, 0) is 13.1 Å². The fraction of sp³-hybridized carbons (Fsp3) is 0.400. The summed E-state index contributed by atoms with van der Waals surface area (Å²) >= 11 is 0. The summed E-state index contributed by atoms with van der Waals surface area (Å²) in [7, 11) is 1.93. The normalized spacial score (nSPS) is 10.5. The van der Waals surface area contributed by atoms with E-state index < -0.39 is 0 Å². The van der Waals surface area contributed by atoms with Gasteiger partial charge >= 0.3 is 0 Å².